The highest BCUT2D eigenvalue weighted by atomic mass is 32.2. The Bertz CT molecular complexity index is 975. The van der Waals surface area contributed by atoms with Gasteiger partial charge in [0, 0.05) is 23.3 Å². The summed E-state index contributed by atoms with van der Waals surface area (Å²) in [6.45, 7) is 6.75. The zero-order valence-electron chi connectivity index (χ0n) is 17.1. The summed E-state index contributed by atoms with van der Waals surface area (Å²) in [6, 6.07) is 16.8. The Kier molecular flexibility index (Phi) is 7.02. The maximum Gasteiger partial charge on any atom is 0.420 e. The number of anilines is 2. The van der Waals surface area contributed by atoms with Crippen molar-refractivity contribution >= 4 is 23.4 Å². The molecule has 1 aromatic heterocycles. The quantitative estimate of drug-likeness (QED) is 0.377. The zero-order chi connectivity index (χ0) is 21.7. The number of alkyl halides is 3. The lowest BCUT2D eigenvalue weighted by atomic mass is 10.0. The lowest BCUT2D eigenvalue weighted by Gasteiger charge is -2.25. The first kappa shape index (κ1) is 22.2. The van der Waals surface area contributed by atoms with E-state index in [0.29, 0.717) is 17.4 Å². The molecule has 0 saturated heterocycles. The van der Waals surface area contributed by atoms with Crippen LogP contribution in [0.3, 0.4) is 0 Å². The molecule has 0 atom stereocenters. The number of rotatable bonds is 7. The van der Waals surface area contributed by atoms with Crippen LogP contribution in [0.2, 0.25) is 0 Å². The Morgan fingerprint density at radius 2 is 1.67 bits per heavy atom. The fourth-order valence-electron chi connectivity index (χ4n) is 3.17. The second-order valence-corrected chi connectivity index (χ2v) is 8.33. The summed E-state index contributed by atoms with van der Waals surface area (Å²) in [4.78, 5) is 11.0. The molecule has 0 radical (unpaired) electrons. The molecule has 0 fully saturated rings. The summed E-state index contributed by atoms with van der Waals surface area (Å²) in [7, 11) is 0. The van der Waals surface area contributed by atoms with Crippen LogP contribution in [-0.2, 0) is 12.6 Å². The van der Waals surface area contributed by atoms with Crippen molar-refractivity contribution < 1.29 is 13.2 Å². The molecule has 2 aromatic carbocycles. The van der Waals surface area contributed by atoms with E-state index in [0.717, 1.165) is 35.6 Å². The Balaban J connectivity index is 2.06. The van der Waals surface area contributed by atoms with E-state index in [2.05, 4.69) is 23.8 Å². The number of nitrogens with zero attached hydrogens (tertiary/aromatic N) is 3. The van der Waals surface area contributed by atoms with Crippen LogP contribution in [0.1, 0.15) is 31.9 Å². The number of para-hydroxylation sites is 1. The van der Waals surface area contributed by atoms with Crippen molar-refractivity contribution in [3.05, 3.63) is 71.9 Å². The first-order chi connectivity index (χ1) is 14.3. The van der Waals surface area contributed by atoms with E-state index in [9.17, 15) is 13.2 Å². The van der Waals surface area contributed by atoms with Gasteiger partial charge in [0.05, 0.1) is 0 Å². The van der Waals surface area contributed by atoms with E-state index in [1.165, 1.54) is 0 Å². The highest BCUT2D eigenvalue weighted by molar-refractivity contribution is 7.99. The molecule has 7 heteroatoms. The molecule has 0 spiro atoms. The second kappa shape index (κ2) is 9.51. The van der Waals surface area contributed by atoms with Gasteiger partial charge in [0.2, 0.25) is 5.95 Å². The van der Waals surface area contributed by atoms with Gasteiger partial charge in [0.1, 0.15) is 10.6 Å². The molecule has 0 bridgehead atoms. The van der Waals surface area contributed by atoms with E-state index < -0.39 is 11.7 Å². The SMILES string of the molecule is CCN(c1ncc(C(F)(F)F)c(Sc2ccccc2)n1)c1ccccc1CC(C)C. The van der Waals surface area contributed by atoms with Crippen LogP contribution in [-0.4, -0.2) is 16.5 Å². The molecular weight excluding hydrogens is 407 g/mol. The summed E-state index contributed by atoms with van der Waals surface area (Å²) in [5.41, 5.74) is 1.21. The van der Waals surface area contributed by atoms with Gasteiger partial charge in [-0.3, -0.25) is 0 Å². The smallest absolute Gasteiger partial charge is 0.311 e. The molecule has 158 valence electrons. The van der Waals surface area contributed by atoms with Gasteiger partial charge >= 0.3 is 6.18 Å². The molecule has 3 rings (SSSR count). The molecule has 3 nitrogen and oxygen atoms in total. The number of aromatic nitrogens is 2. The number of halogens is 3. The fraction of sp³-hybridized carbons (Fsp3) is 0.304. The Hall–Kier alpha value is -2.54. The Morgan fingerprint density at radius 3 is 2.30 bits per heavy atom. The van der Waals surface area contributed by atoms with Crippen molar-refractivity contribution in [1.82, 2.24) is 9.97 Å². The summed E-state index contributed by atoms with van der Waals surface area (Å²) < 4.78 is 40.8. The molecule has 0 aliphatic carbocycles. The van der Waals surface area contributed by atoms with Crippen molar-refractivity contribution in [3.63, 3.8) is 0 Å². The van der Waals surface area contributed by atoms with Crippen molar-refractivity contribution in [3.8, 4) is 0 Å². The molecule has 3 aromatic rings. The van der Waals surface area contributed by atoms with E-state index in [1.807, 2.05) is 42.2 Å². The van der Waals surface area contributed by atoms with Crippen molar-refractivity contribution in [2.24, 2.45) is 5.92 Å². The number of hydrogen-bond acceptors (Lipinski definition) is 4. The maximum absolute atomic E-state index is 13.6. The summed E-state index contributed by atoms with van der Waals surface area (Å²) >= 11 is 0.995. The van der Waals surface area contributed by atoms with Gasteiger partial charge in [-0.15, -0.1) is 0 Å². The first-order valence-electron chi connectivity index (χ1n) is 9.82. The van der Waals surface area contributed by atoms with Crippen molar-refractivity contribution in [2.45, 2.75) is 43.3 Å². The maximum atomic E-state index is 13.6. The second-order valence-electron chi connectivity index (χ2n) is 7.27. The van der Waals surface area contributed by atoms with E-state index in [-0.39, 0.29) is 11.0 Å². The van der Waals surface area contributed by atoms with Gasteiger partial charge in [0.25, 0.3) is 0 Å². The van der Waals surface area contributed by atoms with Crippen LogP contribution in [0.4, 0.5) is 24.8 Å². The topological polar surface area (TPSA) is 29.0 Å². The highest BCUT2D eigenvalue weighted by Gasteiger charge is 2.36. The minimum atomic E-state index is -4.53. The average Bonchev–Trinajstić information content (AvgIpc) is 2.69. The Morgan fingerprint density at radius 1 is 1.00 bits per heavy atom. The first-order valence-corrected chi connectivity index (χ1v) is 10.6. The van der Waals surface area contributed by atoms with Gasteiger partial charge in [-0.05, 0) is 43.0 Å². The summed E-state index contributed by atoms with van der Waals surface area (Å²) in [5, 5.41) is -0.0986. The molecule has 0 unspecified atom stereocenters. The van der Waals surface area contributed by atoms with Gasteiger partial charge in [-0.2, -0.15) is 13.2 Å². The third kappa shape index (κ3) is 5.33. The van der Waals surface area contributed by atoms with Crippen LogP contribution in [0.25, 0.3) is 0 Å². The highest BCUT2D eigenvalue weighted by Crippen LogP contribution is 2.39. The molecular formula is C23H24F3N3S. The van der Waals surface area contributed by atoms with Crippen LogP contribution >= 0.6 is 11.8 Å². The third-order valence-electron chi connectivity index (χ3n) is 4.47. The molecule has 1 heterocycles. The minimum absolute atomic E-state index is 0.0986. The Labute approximate surface area is 179 Å². The largest absolute Gasteiger partial charge is 0.420 e. The van der Waals surface area contributed by atoms with Crippen molar-refractivity contribution in [1.29, 1.82) is 0 Å². The summed E-state index contributed by atoms with van der Waals surface area (Å²) in [6.07, 6.45) is -2.78. The van der Waals surface area contributed by atoms with Crippen LogP contribution in [0.5, 0.6) is 0 Å². The molecule has 0 aliphatic heterocycles. The monoisotopic (exact) mass is 431 g/mol. The standard InChI is InChI=1S/C23H24F3N3S/c1-4-29(20-13-9-8-10-17(20)14-16(2)3)22-27-15-19(23(24,25)26)21(28-22)30-18-11-6-5-7-12-18/h5-13,15-16H,4,14H2,1-3H3. The predicted octanol–water partition coefficient (Wildman–Crippen LogP) is 7.00. The third-order valence-corrected chi connectivity index (χ3v) is 5.48. The summed E-state index contributed by atoms with van der Waals surface area (Å²) in [5.74, 6) is 0.711. The molecule has 0 N–H and O–H groups in total. The number of benzene rings is 2. The lowest BCUT2D eigenvalue weighted by molar-refractivity contribution is -0.140. The van der Waals surface area contributed by atoms with Gasteiger partial charge < -0.3 is 4.90 Å². The van der Waals surface area contributed by atoms with E-state index in [1.54, 1.807) is 24.3 Å². The number of hydrogen-bond donors (Lipinski definition) is 0. The normalized spacial score (nSPS) is 11.7. The zero-order valence-corrected chi connectivity index (χ0v) is 18.0. The minimum Gasteiger partial charge on any atom is -0.311 e. The average molecular weight is 432 g/mol. The van der Waals surface area contributed by atoms with Gasteiger partial charge in [0.15, 0.2) is 0 Å². The van der Waals surface area contributed by atoms with Gasteiger partial charge in [-0.25, -0.2) is 9.97 Å². The van der Waals surface area contributed by atoms with E-state index in [4.69, 9.17) is 0 Å². The van der Waals surface area contributed by atoms with Crippen LogP contribution in [0, 0.1) is 5.92 Å². The fourth-order valence-corrected chi connectivity index (χ4v) is 4.09. The predicted molar refractivity (Wildman–Crippen MR) is 115 cm³/mol. The van der Waals surface area contributed by atoms with Gasteiger partial charge in [-0.1, -0.05) is 62.0 Å². The van der Waals surface area contributed by atoms with Crippen LogP contribution < -0.4 is 4.90 Å². The lowest BCUT2D eigenvalue weighted by Crippen LogP contribution is -2.22. The van der Waals surface area contributed by atoms with E-state index >= 15 is 0 Å². The van der Waals surface area contributed by atoms with Crippen molar-refractivity contribution in [2.75, 3.05) is 11.4 Å². The molecule has 0 aliphatic rings. The molecule has 0 amide bonds. The molecule has 0 saturated carbocycles. The van der Waals surface area contributed by atoms with Crippen LogP contribution in [0.15, 0.2) is 70.7 Å². The molecule has 30 heavy (non-hydrogen) atoms.